The van der Waals surface area contributed by atoms with Gasteiger partial charge in [0.15, 0.2) is 61.6 Å². The second kappa shape index (κ2) is 22.0. The molecule has 3 heterocycles. The molecule has 15 atom stereocenters. The predicted octanol–water partition coefficient (Wildman–Crippen LogP) is -1.41. The van der Waals surface area contributed by atoms with Gasteiger partial charge in [0.25, 0.3) is 0 Å². The topological polar surface area (TPSA) is 303 Å². The van der Waals surface area contributed by atoms with Crippen molar-refractivity contribution in [1.82, 2.24) is 0 Å². The van der Waals surface area contributed by atoms with Gasteiger partial charge in [0.1, 0.15) is 37.6 Å². The Kier molecular flexibility index (Phi) is 18.1. The summed E-state index contributed by atoms with van der Waals surface area (Å²) in [5, 5.41) is 11.3. The first kappa shape index (κ1) is 49.4. The Hall–Kier alpha value is -5.01. The van der Waals surface area contributed by atoms with E-state index in [-0.39, 0.29) is 0 Å². The van der Waals surface area contributed by atoms with E-state index in [4.69, 9.17) is 66.3 Å². The molecule has 3 aliphatic rings. The van der Waals surface area contributed by atoms with Gasteiger partial charge >= 0.3 is 53.7 Å². The van der Waals surface area contributed by atoms with Crippen LogP contribution < -0.4 is 0 Å². The second-order valence-electron chi connectivity index (χ2n) is 13.6. The van der Waals surface area contributed by atoms with Crippen molar-refractivity contribution < 1.29 is 115 Å². The van der Waals surface area contributed by atoms with Crippen LogP contribution in [-0.4, -0.2) is 164 Å². The van der Waals surface area contributed by atoms with Crippen molar-refractivity contribution in [3.8, 4) is 0 Å². The van der Waals surface area contributed by atoms with Crippen LogP contribution in [0.5, 0.6) is 0 Å². The van der Waals surface area contributed by atoms with E-state index in [9.17, 15) is 48.3 Å². The van der Waals surface area contributed by atoms with Crippen LogP contribution in [0.2, 0.25) is 0 Å². The molecule has 1 N–H and O–H groups in total. The molecule has 24 heteroatoms. The summed E-state index contributed by atoms with van der Waals surface area (Å²) < 4.78 is 79.0. The van der Waals surface area contributed by atoms with E-state index in [1.165, 1.54) is 6.92 Å². The molecule has 0 aromatic carbocycles. The van der Waals surface area contributed by atoms with Gasteiger partial charge in [-0.15, -0.1) is 0 Å². The molecule has 3 saturated heterocycles. The number of esters is 9. The summed E-state index contributed by atoms with van der Waals surface area (Å²) in [6, 6.07) is 0. The second-order valence-corrected chi connectivity index (χ2v) is 13.6. The Morgan fingerprint density at radius 1 is 0.383 bits per heavy atom. The maximum absolute atomic E-state index is 12.6. The van der Waals surface area contributed by atoms with E-state index in [0.29, 0.717) is 0 Å². The Bertz CT molecular complexity index is 1600. The molecule has 3 rings (SSSR count). The summed E-state index contributed by atoms with van der Waals surface area (Å²) in [6.45, 7) is 9.11. The van der Waals surface area contributed by atoms with Crippen molar-refractivity contribution in [2.75, 3.05) is 13.2 Å². The highest BCUT2D eigenvalue weighted by Gasteiger charge is 2.59. The number of carbonyl (C=O) groups excluding carboxylic acids is 9. The summed E-state index contributed by atoms with van der Waals surface area (Å²) in [5.41, 5.74) is 0. The van der Waals surface area contributed by atoms with Gasteiger partial charge < -0.3 is 71.4 Å². The zero-order chi connectivity index (χ0) is 45.2. The smallest absolute Gasteiger partial charge is 0.303 e. The largest absolute Gasteiger partial charge is 0.463 e. The van der Waals surface area contributed by atoms with Crippen molar-refractivity contribution in [2.24, 2.45) is 0 Å². The number of carbonyl (C=O) groups is 9. The molecule has 3 aliphatic heterocycles. The van der Waals surface area contributed by atoms with E-state index < -0.39 is 159 Å². The Labute approximate surface area is 342 Å². The zero-order valence-corrected chi connectivity index (χ0v) is 34.4. The van der Waals surface area contributed by atoms with Gasteiger partial charge in [0.05, 0.1) is 6.10 Å². The quantitative estimate of drug-likeness (QED) is 0.146. The van der Waals surface area contributed by atoms with Crippen LogP contribution in [0.4, 0.5) is 0 Å². The van der Waals surface area contributed by atoms with Gasteiger partial charge in [-0.1, -0.05) is 0 Å². The highest BCUT2D eigenvalue weighted by atomic mass is 16.8. The minimum Gasteiger partial charge on any atom is -0.463 e. The van der Waals surface area contributed by atoms with E-state index >= 15 is 0 Å². The Morgan fingerprint density at radius 2 is 0.717 bits per heavy atom. The third-order valence-electron chi connectivity index (χ3n) is 8.53. The highest BCUT2D eigenvalue weighted by Crippen LogP contribution is 2.37. The molecule has 0 unspecified atom stereocenters. The molecule has 0 aromatic rings. The van der Waals surface area contributed by atoms with Gasteiger partial charge in [-0.3, -0.25) is 43.2 Å². The molecule has 0 saturated carbocycles. The molecule has 338 valence electrons. The van der Waals surface area contributed by atoms with Gasteiger partial charge in [0, 0.05) is 62.3 Å². The van der Waals surface area contributed by atoms with Gasteiger partial charge in [-0.2, -0.15) is 0 Å². The zero-order valence-electron chi connectivity index (χ0n) is 34.4. The summed E-state index contributed by atoms with van der Waals surface area (Å²) in [4.78, 5) is 111. The highest BCUT2D eigenvalue weighted by molar-refractivity contribution is 5.70. The standard InChI is InChI=1S/C36H50O24/c1-13-25(50-16(4)39)28(52-18(6)41)32(55-21(9)44)35(49-13)60-29-27(23(11-47-14(2)37)57-34(46)31(29)54-20(8)43)59-36-33(56-22(10)45)30(53-19(7)42)26(51-17(5)40)24(58-36)12-48-15(3)38/h13,23-36,46H,11-12H2,1-10H3/t13-,23+,24+,25+,26+,27+,28+,29-,30-,31+,32-,33-,34-,35-,36-/m0/s1. The number of ether oxygens (including phenoxy) is 14. The summed E-state index contributed by atoms with van der Waals surface area (Å²) >= 11 is 0. The first-order valence-corrected chi connectivity index (χ1v) is 18.4. The SMILES string of the molecule is CC(=O)OC[C@H]1O[C@@H](O[C@H]2[C@H](O[C@@H]3O[C@@H](C)[C@@H](OC(C)=O)[C@@H](OC(C)=O)[C@@H]3OC(C)=O)[C@@H](OC(C)=O)[C@@H](O)O[C@@H]2COC(C)=O)[C@@H](OC(C)=O)[C@@H](OC(C)=O)[C@@H]1OC(C)=O. The first-order chi connectivity index (χ1) is 28.0. The van der Waals surface area contributed by atoms with Crippen molar-refractivity contribution in [3.05, 3.63) is 0 Å². The summed E-state index contributed by atoms with van der Waals surface area (Å²) in [6.07, 6.45) is -25.8. The van der Waals surface area contributed by atoms with Crippen LogP contribution in [0, 0.1) is 0 Å². The monoisotopic (exact) mass is 866 g/mol. The number of aliphatic hydroxyl groups excluding tert-OH is 1. The molecule has 0 aliphatic carbocycles. The molecule has 24 nitrogen and oxygen atoms in total. The van der Waals surface area contributed by atoms with Crippen LogP contribution in [0.15, 0.2) is 0 Å². The fourth-order valence-corrected chi connectivity index (χ4v) is 6.55. The molecule has 0 radical (unpaired) electrons. The molecule has 0 amide bonds. The van der Waals surface area contributed by atoms with Crippen LogP contribution in [0.1, 0.15) is 69.2 Å². The average Bonchev–Trinajstić information content (AvgIpc) is 3.10. The van der Waals surface area contributed by atoms with E-state index in [1.807, 2.05) is 0 Å². The minimum atomic E-state index is -2.10. The first-order valence-electron chi connectivity index (χ1n) is 18.4. The van der Waals surface area contributed by atoms with Crippen LogP contribution in [0.25, 0.3) is 0 Å². The maximum atomic E-state index is 12.6. The molecule has 60 heavy (non-hydrogen) atoms. The molecule has 0 spiro atoms. The van der Waals surface area contributed by atoms with Crippen molar-refractivity contribution >= 4 is 53.7 Å². The van der Waals surface area contributed by atoms with Crippen LogP contribution >= 0.6 is 0 Å². The molecular weight excluding hydrogens is 816 g/mol. The predicted molar refractivity (Wildman–Crippen MR) is 186 cm³/mol. The fraction of sp³-hybridized carbons (Fsp3) is 0.750. The van der Waals surface area contributed by atoms with Crippen molar-refractivity contribution in [1.29, 1.82) is 0 Å². The third-order valence-corrected chi connectivity index (χ3v) is 8.53. The average molecular weight is 867 g/mol. The molecule has 0 bridgehead atoms. The van der Waals surface area contributed by atoms with Crippen LogP contribution in [0.3, 0.4) is 0 Å². The summed E-state index contributed by atoms with van der Waals surface area (Å²) in [7, 11) is 0. The number of hydrogen-bond acceptors (Lipinski definition) is 24. The lowest BCUT2D eigenvalue weighted by Gasteiger charge is -2.50. The van der Waals surface area contributed by atoms with E-state index in [1.54, 1.807) is 0 Å². The van der Waals surface area contributed by atoms with Crippen molar-refractivity contribution in [3.63, 3.8) is 0 Å². The third kappa shape index (κ3) is 14.0. The number of aliphatic hydroxyl groups is 1. The fourth-order valence-electron chi connectivity index (χ4n) is 6.55. The van der Waals surface area contributed by atoms with Gasteiger partial charge in [-0.25, -0.2) is 0 Å². The van der Waals surface area contributed by atoms with E-state index in [0.717, 1.165) is 62.3 Å². The minimum absolute atomic E-state index is 0.663. The van der Waals surface area contributed by atoms with E-state index in [2.05, 4.69) is 0 Å². The van der Waals surface area contributed by atoms with Gasteiger partial charge in [0.2, 0.25) is 0 Å². The lowest BCUT2D eigenvalue weighted by molar-refractivity contribution is -0.383. The number of rotatable bonds is 15. The normalized spacial score (nSPS) is 33.8. The van der Waals surface area contributed by atoms with Gasteiger partial charge in [-0.05, 0) is 6.92 Å². The summed E-state index contributed by atoms with van der Waals surface area (Å²) in [5.74, 6) is -8.27. The van der Waals surface area contributed by atoms with Crippen molar-refractivity contribution in [2.45, 2.75) is 161 Å². The lowest BCUT2D eigenvalue weighted by Crippen LogP contribution is -2.68. The molecular formula is C36H50O24. The Morgan fingerprint density at radius 3 is 1.15 bits per heavy atom. The molecule has 3 fully saturated rings. The van der Waals surface area contributed by atoms with Crippen LogP contribution in [-0.2, 0) is 109 Å². The maximum Gasteiger partial charge on any atom is 0.303 e. The Balaban J connectivity index is 2.28. The lowest BCUT2D eigenvalue weighted by atomic mass is 9.95. The number of hydrogen-bond donors (Lipinski definition) is 1. The molecule has 0 aromatic heterocycles.